The van der Waals surface area contributed by atoms with Gasteiger partial charge >= 0.3 is 0 Å². The van der Waals surface area contributed by atoms with Crippen molar-refractivity contribution in [2.75, 3.05) is 20.4 Å². The van der Waals surface area contributed by atoms with Crippen molar-refractivity contribution >= 4 is 17.5 Å². The molecule has 8 heteroatoms. The second-order valence-electron chi connectivity index (χ2n) is 9.01. The molecule has 7 nitrogen and oxygen atoms in total. The van der Waals surface area contributed by atoms with E-state index in [0.717, 1.165) is 35.4 Å². The minimum absolute atomic E-state index is 0.153. The molecule has 1 N–H and O–H groups in total. The predicted molar refractivity (Wildman–Crippen MR) is 131 cm³/mol. The number of ether oxygens (including phenoxy) is 2. The Morgan fingerprint density at radius 3 is 2.74 bits per heavy atom. The average molecular weight is 481 g/mol. The first-order valence-corrected chi connectivity index (χ1v) is 12.1. The third kappa shape index (κ3) is 4.63. The van der Waals surface area contributed by atoms with Crippen LogP contribution in [-0.2, 0) is 11.3 Å². The number of hydrogen-bond acceptors (Lipinski definition) is 5. The molecule has 0 bridgehead atoms. The van der Waals surface area contributed by atoms with Gasteiger partial charge in [0.2, 0.25) is 12.7 Å². The smallest absolute Gasteiger partial charge is 0.231 e. The maximum absolute atomic E-state index is 12.9. The zero-order chi connectivity index (χ0) is 23.7. The van der Waals surface area contributed by atoms with E-state index >= 15 is 0 Å². The van der Waals surface area contributed by atoms with Crippen molar-refractivity contribution in [3.63, 3.8) is 0 Å². The summed E-state index contributed by atoms with van der Waals surface area (Å²) in [5, 5.41) is 8.32. The molecule has 0 aliphatic carbocycles. The van der Waals surface area contributed by atoms with Crippen molar-refractivity contribution in [2.45, 2.75) is 44.8 Å². The number of carbonyl (C=O) groups excluding carboxylic acids is 1. The van der Waals surface area contributed by atoms with Crippen LogP contribution in [-0.4, -0.2) is 52.3 Å². The van der Waals surface area contributed by atoms with Crippen LogP contribution >= 0.6 is 11.6 Å². The van der Waals surface area contributed by atoms with Gasteiger partial charge in [-0.1, -0.05) is 41.9 Å². The maximum atomic E-state index is 12.9. The van der Waals surface area contributed by atoms with E-state index in [1.807, 2.05) is 29.2 Å². The van der Waals surface area contributed by atoms with Gasteiger partial charge in [0.15, 0.2) is 11.5 Å². The third-order valence-electron chi connectivity index (χ3n) is 6.98. The molecule has 0 spiro atoms. The topological polar surface area (TPSA) is 70.7 Å². The van der Waals surface area contributed by atoms with Gasteiger partial charge in [-0.15, -0.1) is 0 Å². The quantitative estimate of drug-likeness (QED) is 0.535. The summed E-state index contributed by atoms with van der Waals surface area (Å²) in [7, 11) is 2.13. The van der Waals surface area contributed by atoms with Crippen molar-refractivity contribution in [3.05, 3.63) is 64.8 Å². The van der Waals surface area contributed by atoms with Gasteiger partial charge in [0.1, 0.15) is 0 Å². The summed E-state index contributed by atoms with van der Waals surface area (Å²) in [6.45, 7) is 3.54. The second kappa shape index (κ2) is 9.68. The number of nitrogens with zero attached hydrogens (tertiary/aromatic N) is 3. The van der Waals surface area contributed by atoms with E-state index in [0.29, 0.717) is 42.1 Å². The fraction of sp³-hybridized carbons (Fsp3) is 0.385. The van der Waals surface area contributed by atoms with Crippen molar-refractivity contribution < 1.29 is 14.3 Å². The number of carbonyl (C=O) groups is 1. The molecule has 1 saturated heterocycles. The number of benzene rings is 2. The number of likely N-dealkylation sites (tertiary alicyclic amines) is 1. The number of hydrogen-bond donors (Lipinski definition) is 1. The summed E-state index contributed by atoms with van der Waals surface area (Å²) in [6.07, 6.45) is 2.24. The molecule has 2 aliphatic rings. The SMILES string of the molecule is CC(c1cc(-c2ccccc2)n[nH]1)N(C)C1CCC(=O)N(Cc2cc3c(cc2Cl)OCO3)CC1. The monoisotopic (exact) mass is 480 g/mol. The molecule has 178 valence electrons. The molecule has 2 unspecified atom stereocenters. The molecule has 1 fully saturated rings. The van der Waals surface area contributed by atoms with Crippen LogP contribution in [0.5, 0.6) is 11.5 Å². The Morgan fingerprint density at radius 1 is 1.18 bits per heavy atom. The lowest BCUT2D eigenvalue weighted by molar-refractivity contribution is -0.131. The maximum Gasteiger partial charge on any atom is 0.231 e. The van der Waals surface area contributed by atoms with Gasteiger partial charge in [-0.3, -0.25) is 14.8 Å². The van der Waals surface area contributed by atoms with Crippen molar-refractivity contribution in [3.8, 4) is 22.8 Å². The van der Waals surface area contributed by atoms with E-state index in [4.69, 9.17) is 21.1 Å². The molecule has 2 aliphatic heterocycles. The number of aromatic nitrogens is 2. The molecule has 2 atom stereocenters. The second-order valence-corrected chi connectivity index (χ2v) is 9.42. The lowest BCUT2D eigenvalue weighted by atomic mass is 10.0. The molecular formula is C26H29ClN4O3. The summed E-state index contributed by atoms with van der Waals surface area (Å²) in [5.41, 5.74) is 3.99. The van der Waals surface area contributed by atoms with Crippen molar-refractivity contribution in [1.82, 2.24) is 20.0 Å². The number of aromatic amines is 1. The van der Waals surface area contributed by atoms with E-state index in [2.05, 4.69) is 47.3 Å². The summed E-state index contributed by atoms with van der Waals surface area (Å²) < 4.78 is 10.9. The third-order valence-corrected chi connectivity index (χ3v) is 7.34. The van der Waals surface area contributed by atoms with E-state index in [9.17, 15) is 4.79 Å². The van der Waals surface area contributed by atoms with Gasteiger partial charge in [0.25, 0.3) is 0 Å². The fourth-order valence-corrected chi connectivity index (χ4v) is 4.94. The molecule has 34 heavy (non-hydrogen) atoms. The zero-order valence-electron chi connectivity index (χ0n) is 19.5. The van der Waals surface area contributed by atoms with Gasteiger partial charge in [0.05, 0.1) is 11.4 Å². The predicted octanol–water partition coefficient (Wildman–Crippen LogP) is 5.03. The molecular weight excluding hydrogens is 452 g/mol. The van der Waals surface area contributed by atoms with Crippen LogP contribution in [0.3, 0.4) is 0 Å². The van der Waals surface area contributed by atoms with Gasteiger partial charge in [0, 0.05) is 48.2 Å². The number of halogens is 1. The Kier molecular flexibility index (Phi) is 6.48. The molecule has 0 radical (unpaired) electrons. The highest BCUT2D eigenvalue weighted by Crippen LogP contribution is 2.37. The zero-order valence-corrected chi connectivity index (χ0v) is 20.2. The summed E-state index contributed by atoms with van der Waals surface area (Å²) in [5.74, 6) is 1.49. The van der Waals surface area contributed by atoms with Crippen molar-refractivity contribution in [2.24, 2.45) is 0 Å². The Balaban J connectivity index is 1.24. The van der Waals surface area contributed by atoms with Gasteiger partial charge in [-0.2, -0.15) is 5.10 Å². The minimum atomic E-state index is 0.153. The Hall–Kier alpha value is -3.03. The van der Waals surface area contributed by atoms with Crippen LogP contribution in [0, 0.1) is 0 Å². The van der Waals surface area contributed by atoms with Gasteiger partial charge < -0.3 is 14.4 Å². The van der Waals surface area contributed by atoms with Crippen molar-refractivity contribution in [1.29, 1.82) is 0 Å². The van der Waals surface area contributed by atoms with Crippen LogP contribution < -0.4 is 9.47 Å². The highest BCUT2D eigenvalue weighted by atomic mass is 35.5. The number of nitrogens with one attached hydrogen (secondary N) is 1. The standard InChI is InChI=1S/C26H29ClN4O3/c1-17(22-14-23(29-28-22)18-6-4-3-5-7-18)30(2)20-8-9-26(32)31(11-10-20)15-19-12-24-25(13-21(19)27)34-16-33-24/h3-7,12-14,17,20H,8-11,15-16H2,1-2H3,(H,28,29). The highest BCUT2D eigenvalue weighted by Gasteiger charge is 2.29. The number of amides is 1. The molecule has 0 saturated carbocycles. The lowest BCUT2D eigenvalue weighted by Gasteiger charge is -2.32. The van der Waals surface area contributed by atoms with Gasteiger partial charge in [-0.25, -0.2) is 0 Å². The van der Waals surface area contributed by atoms with Crippen LogP contribution in [0.1, 0.15) is 43.5 Å². The Bertz CT molecular complexity index is 1170. The number of rotatable bonds is 6. The van der Waals surface area contributed by atoms with Gasteiger partial charge in [-0.05, 0) is 44.5 Å². The molecule has 5 rings (SSSR count). The summed E-state index contributed by atoms with van der Waals surface area (Å²) in [6, 6.07) is 16.4. The lowest BCUT2D eigenvalue weighted by Crippen LogP contribution is -2.35. The molecule has 3 aromatic rings. The average Bonchev–Trinajstić information content (AvgIpc) is 3.48. The first kappa shape index (κ1) is 22.7. The number of fused-ring (bicyclic) bond motifs is 1. The van der Waals surface area contributed by atoms with Crippen LogP contribution in [0.25, 0.3) is 11.3 Å². The van der Waals surface area contributed by atoms with E-state index in [-0.39, 0.29) is 18.7 Å². The number of H-pyrrole nitrogens is 1. The van der Waals surface area contributed by atoms with E-state index in [1.165, 1.54) is 0 Å². The van der Waals surface area contributed by atoms with E-state index in [1.54, 1.807) is 6.07 Å². The molecule has 1 amide bonds. The summed E-state index contributed by atoms with van der Waals surface area (Å²) in [4.78, 5) is 17.2. The van der Waals surface area contributed by atoms with Crippen LogP contribution in [0.4, 0.5) is 0 Å². The molecule has 3 heterocycles. The minimum Gasteiger partial charge on any atom is -0.454 e. The summed E-state index contributed by atoms with van der Waals surface area (Å²) >= 11 is 6.46. The highest BCUT2D eigenvalue weighted by molar-refractivity contribution is 6.31. The molecule has 1 aromatic heterocycles. The first-order valence-electron chi connectivity index (χ1n) is 11.7. The fourth-order valence-electron chi connectivity index (χ4n) is 4.73. The normalized spacial score (nSPS) is 18.9. The first-order chi connectivity index (χ1) is 16.5. The molecule has 2 aromatic carbocycles. The largest absolute Gasteiger partial charge is 0.454 e. The Labute approximate surface area is 204 Å². The van der Waals surface area contributed by atoms with Crippen LogP contribution in [0.15, 0.2) is 48.5 Å². The van der Waals surface area contributed by atoms with Crippen LogP contribution in [0.2, 0.25) is 5.02 Å². The Morgan fingerprint density at radius 2 is 1.94 bits per heavy atom. The van der Waals surface area contributed by atoms with E-state index < -0.39 is 0 Å².